The molecule has 0 radical (unpaired) electrons. The highest BCUT2D eigenvalue weighted by Gasteiger charge is 2.76. The molecule has 2 heterocycles. The number of alkyl halides is 2. The van der Waals surface area contributed by atoms with E-state index in [0.717, 1.165) is 27.3 Å². The lowest BCUT2D eigenvalue weighted by Crippen LogP contribution is -2.73. The van der Waals surface area contributed by atoms with E-state index in [9.17, 15) is 24.0 Å². The first kappa shape index (κ1) is 33.5. The Morgan fingerprint density at radius 2 is 1.16 bits per heavy atom. The van der Waals surface area contributed by atoms with Crippen molar-refractivity contribution in [2.45, 2.75) is 51.9 Å². The monoisotopic (exact) mass is 727 g/mol. The van der Waals surface area contributed by atoms with Crippen molar-refractivity contribution in [1.29, 1.82) is 0 Å². The quantitative estimate of drug-likeness (QED) is 0.123. The predicted octanol–water partition coefficient (Wildman–Crippen LogP) is 7.01. The second kappa shape index (κ2) is 12.0. The van der Waals surface area contributed by atoms with Crippen molar-refractivity contribution >= 4 is 91.5 Å². The molecule has 3 fully saturated rings. The number of benzene rings is 4. The second-order valence-electron chi connectivity index (χ2n) is 14.4. The molecule has 2 atom stereocenters. The fourth-order valence-corrected chi connectivity index (χ4v) is 9.59. The molecule has 2 aliphatic heterocycles. The van der Waals surface area contributed by atoms with Gasteiger partial charge in [-0.25, -0.2) is 0 Å². The number of amides is 3. The van der Waals surface area contributed by atoms with Gasteiger partial charge in [-0.2, -0.15) is 0 Å². The van der Waals surface area contributed by atoms with Crippen molar-refractivity contribution in [2.24, 2.45) is 10.8 Å². The molecule has 3 aliphatic carbocycles. The van der Waals surface area contributed by atoms with E-state index in [0.29, 0.717) is 72.2 Å². The summed E-state index contributed by atoms with van der Waals surface area (Å²) >= 11 is 13.0. The molecule has 9 rings (SSSR count). The number of nitrogens with one attached hydrogen (secondary N) is 1. The first-order valence-electron chi connectivity index (χ1n) is 17.0. The topological polar surface area (TPSA) is 122 Å². The van der Waals surface area contributed by atoms with Crippen LogP contribution in [0.2, 0.25) is 0 Å². The van der Waals surface area contributed by atoms with Crippen LogP contribution in [0.25, 0.3) is 21.5 Å². The molecule has 262 valence electrons. The van der Waals surface area contributed by atoms with E-state index >= 15 is 0 Å². The summed E-state index contributed by atoms with van der Waals surface area (Å²) in [6, 6.07) is 16.5. The number of halogens is 2. The Balaban J connectivity index is 1.10. The van der Waals surface area contributed by atoms with Crippen LogP contribution in [-0.4, -0.2) is 54.5 Å². The van der Waals surface area contributed by atoms with Gasteiger partial charge in [0.15, 0.2) is 0 Å². The normalized spacial score (nSPS) is 24.0. The van der Waals surface area contributed by atoms with Crippen LogP contribution < -0.4 is 24.6 Å². The molecule has 0 saturated heterocycles. The molecule has 12 heteroatoms. The maximum atomic E-state index is 14.5. The lowest BCUT2D eigenvalue weighted by molar-refractivity contribution is -0.205. The first-order valence-corrected chi connectivity index (χ1v) is 18.0. The van der Waals surface area contributed by atoms with E-state index < -0.39 is 22.8 Å². The molecule has 1 N–H and O–H groups in total. The van der Waals surface area contributed by atoms with Gasteiger partial charge in [-0.15, -0.1) is 23.2 Å². The number of nitrogens with zero attached hydrogens (tertiary/aromatic N) is 2. The van der Waals surface area contributed by atoms with Crippen molar-refractivity contribution in [3.05, 3.63) is 65.7 Å². The van der Waals surface area contributed by atoms with Gasteiger partial charge in [0.1, 0.15) is 11.5 Å². The van der Waals surface area contributed by atoms with Crippen LogP contribution in [0.3, 0.4) is 0 Å². The van der Waals surface area contributed by atoms with Crippen LogP contribution in [0.1, 0.15) is 63.0 Å². The Kier molecular flexibility index (Phi) is 7.84. The summed E-state index contributed by atoms with van der Waals surface area (Å²) in [5.74, 6) is -0.362. The Hall–Kier alpha value is -4.67. The van der Waals surface area contributed by atoms with Gasteiger partial charge in [0.05, 0.1) is 22.2 Å². The molecular weight excluding hydrogens is 693 g/mol. The maximum absolute atomic E-state index is 14.5. The Labute approximate surface area is 303 Å². The average molecular weight is 729 g/mol. The smallest absolute Gasteiger partial charge is 0.308 e. The highest BCUT2D eigenvalue weighted by molar-refractivity contribution is 6.20. The van der Waals surface area contributed by atoms with Crippen molar-refractivity contribution in [1.82, 2.24) is 0 Å². The minimum Gasteiger partial charge on any atom is -0.426 e. The van der Waals surface area contributed by atoms with Crippen molar-refractivity contribution in [2.75, 3.05) is 40.0 Å². The standard InChI is InChI=1S/C39H35Cl2N3O7/c1-20(45)42-25-8-9-27-29(10-25)35-24(14-41)16-44(31(35)12-33(27)51-22(3)47)37(49)39-17-38(18-39,19-39)36(48)43-15-23(13-40)34-28-7-5-4-6-26(28)32(11-30(34)43)50-21(2)46/h4-12,23-24H,13-19H2,1-3H3,(H,42,45)/t23-,24-,38?,39?/m1/s1. The number of rotatable bonds is 7. The van der Waals surface area contributed by atoms with Crippen LogP contribution in [-0.2, 0) is 24.0 Å². The van der Waals surface area contributed by atoms with Gasteiger partial charge in [-0.05, 0) is 59.4 Å². The summed E-state index contributed by atoms with van der Waals surface area (Å²) in [7, 11) is 0. The van der Waals surface area contributed by atoms with Gasteiger partial charge in [0, 0.05) is 86.0 Å². The summed E-state index contributed by atoms with van der Waals surface area (Å²) in [6.07, 6.45) is 1.23. The molecule has 4 aromatic carbocycles. The number of hydrogen-bond donors (Lipinski definition) is 1. The van der Waals surface area contributed by atoms with Crippen LogP contribution in [0, 0.1) is 10.8 Å². The van der Waals surface area contributed by atoms with E-state index in [1.54, 1.807) is 34.1 Å². The molecule has 51 heavy (non-hydrogen) atoms. The number of fused-ring (bicyclic) bond motifs is 6. The van der Waals surface area contributed by atoms with Crippen LogP contribution >= 0.6 is 23.2 Å². The Morgan fingerprint density at radius 1 is 0.686 bits per heavy atom. The summed E-state index contributed by atoms with van der Waals surface area (Å²) in [5.41, 5.74) is 2.29. The molecule has 3 amide bonds. The van der Waals surface area contributed by atoms with E-state index in [4.69, 9.17) is 32.7 Å². The van der Waals surface area contributed by atoms with Gasteiger partial charge >= 0.3 is 11.9 Å². The fraction of sp³-hybridized carbons (Fsp3) is 0.359. The number of carbonyl (C=O) groups is 5. The molecule has 3 saturated carbocycles. The molecule has 2 bridgehead atoms. The lowest BCUT2D eigenvalue weighted by Gasteiger charge is -2.69. The van der Waals surface area contributed by atoms with E-state index in [-0.39, 0.29) is 35.4 Å². The molecule has 5 aliphatic rings. The predicted molar refractivity (Wildman–Crippen MR) is 195 cm³/mol. The minimum atomic E-state index is -0.705. The Bertz CT molecular complexity index is 2220. The van der Waals surface area contributed by atoms with Gasteiger partial charge < -0.3 is 24.6 Å². The van der Waals surface area contributed by atoms with Crippen LogP contribution in [0.15, 0.2) is 54.6 Å². The van der Waals surface area contributed by atoms with E-state index in [2.05, 4.69) is 5.32 Å². The molecule has 10 nitrogen and oxygen atoms in total. The summed E-state index contributed by atoms with van der Waals surface area (Å²) in [5, 5.41) is 5.89. The summed E-state index contributed by atoms with van der Waals surface area (Å²) < 4.78 is 11.2. The number of anilines is 3. The Morgan fingerprint density at radius 3 is 1.63 bits per heavy atom. The summed E-state index contributed by atoms with van der Waals surface area (Å²) in [4.78, 5) is 68.4. The van der Waals surface area contributed by atoms with E-state index in [1.807, 2.05) is 30.3 Å². The lowest BCUT2D eigenvalue weighted by atomic mass is 9.34. The highest BCUT2D eigenvalue weighted by Crippen LogP contribution is 2.75. The number of esters is 2. The minimum absolute atomic E-state index is 0.0517. The van der Waals surface area contributed by atoms with Crippen molar-refractivity contribution in [3.8, 4) is 11.5 Å². The zero-order valence-corrected chi connectivity index (χ0v) is 29.8. The fourth-order valence-electron chi connectivity index (χ4n) is 9.09. The average Bonchev–Trinajstić information content (AvgIpc) is 3.61. The molecule has 0 spiro atoms. The maximum Gasteiger partial charge on any atom is 0.308 e. The van der Waals surface area contributed by atoms with E-state index in [1.165, 1.54) is 20.8 Å². The number of ether oxygens (including phenoxy) is 2. The first-order chi connectivity index (χ1) is 24.4. The number of hydrogen-bond acceptors (Lipinski definition) is 7. The molecular formula is C39H35Cl2N3O7. The largest absolute Gasteiger partial charge is 0.426 e. The molecule has 4 aromatic rings. The van der Waals surface area contributed by atoms with Gasteiger partial charge in [0.25, 0.3) is 0 Å². The van der Waals surface area contributed by atoms with Crippen LogP contribution in [0.4, 0.5) is 17.1 Å². The van der Waals surface area contributed by atoms with Crippen LogP contribution in [0.5, 0.6) is 11.5 Å². The zero-order chi connectivity index (χ0) is 36.0. The molecule has 0 aromatic heterocycles. The number of carbonyl (C=O) groups excluding carboxylic acids is 5. The third kappa shape index (κ3) is 5.09. The third-order valence-electron chi connectivity index (χ3n) is 11.0. The summed E-state index contributed by atoms with van der Waals surface area (Å²) in [6.45, 7) is 4.83. The second-order valence-corrected chi connectivity index (χ2v) is 15.0. The van der Waals surface area contributed by atoms with Crippen molar-refractivity contribution < 1.29 is 33.4 Å². The van der Waals surface area contributed by atoms with Gasteiger partial charge in [-0.1, -0.05) is 24.3 Å². The van der Waals surface area contributed by atoms with Crippen molar-refractivity contribution in [3.63, 3.8) is 0 Å². The van der Waals surface area contributed by atoms with Gasteiger partial charge in [-0.3, -0.25) is 24.0 Å². The third-order valence-corrected chi connectivity index (χ3v) is 11.7. The SMILES string of the molecule is CC(=O)Nc1ccc2c(OC(C)=O)cc3c(c2c1)[C@H](CCl)CN3C(=O)C12CC(C(=O)N3C[C@@H](CCl)c4c3cc(OC(C)=O)c3ccccc43)(C1)C2. The van der Waals surface area contributed by atoms with Gasteiger partial charge in [0.2, 0.25) is 17.7 Å². The molecule has 0 unspecified atom stereocenters. The highest BCUT2D eigenvalue weighted by atomic mass is 35.5. The zero-order valence-electron chi connectivity index (χ0n) is 28.3.